The molecule has 0 bridgehead atoms. The zero-order valence-corrected chi connectivity index (χ0v) is 13.3. The van der Waals surface area contributed by atoms with Crippen molar-refractivity contribution in [1.29, 1.82) is 0 Å². The van der Waals surface area contributed by atoms with Crippen LogP contribution in [0, 0.1) is 11.6 Å². The lowest BCUT2D eigenvalue weighted by molar-refractivity contribution is 0.174. The van der Waals surface area contributed by atoms with Crippen molar-refractivity contribution in [3.8, 4) is 11.5 Å². The van der Waals surface area contributed by atoms with Gasteiger partial charge in [0.2, 0.25) is 6.79 Å². The normalized spacial score (nSPS) is 12.1. The van der Waals surface area contributed by atoms with Gasteiger partial charge < -0.3 is 25.8 Å². The fourth-order valence-electron chi connectivity index (χ4n) is 2.43. The molecule has 0 atom stereocenters. The van der Waals surface area contributed by atoms with Crippen LogP contribution in [0.4, 0.5) is 37.5 Å². The molecule has 7 nitrogen and oxygen atoms in total. The van der Waals surface area contributed by atoms with Crippen molar-refractivity contribution >= 4 is 28.7 Å². The van der Waals surface area contributed by atoms with E-state index >= 15 is 0 Å². The third-order valence-corrected chi connectivity index (χ3v) is 3.70. The van der Waals surface area contributed by atoms with E-state index in [2.05, 4.69) is 20.6 Å². The molecule has 1 aromatic heterocycles. The minimum atomic E-state index is -0.630. The zero-order chi connectivity index (χ0) is 18.1. The number of ether oxygens (including phenoxy) is 2. The molecular formula is C17H13F2N5O2. The Labute approximate surface area is 146 Å². The van der Waals surface area contributed by atoms with Crippen LogP contribution < -0.4 is 25.8 Å². The summed E-state index contributed by atoms with van der Waals surface area (Å²) < 4.78 is 37.7. The van der Waals surface area contributed by atoms with Crippen LogP contribution in [-0.2, 0) is 0 Å². The summed E-state index contributed by atoms with van der Waals surface area (Å²) in [5, 5.41) is 5.71. The van der Waals surface area contributed by atoms with E-state index in [0.29, 0.717) is 23.0 Å². The third kappa shape index (κ3) is 3.02. The number of aromatic nitrogens is 2. The Balaban J connectivity index is 1.60. The van der Waals surface area contributed by atoms with E-state index in [1.807, 2.05) is 0 Å². The standard InChI is InChI=1S/C17H13F2N5O2/c18-9-1-3-11(19)12(5-9)24-17-15(20)16(21-7-22-17)23-10-2-4-13-14(6-10)26-8-25-13/h1-7H,8,20H2,(H2,21,22,23,24). The smallest absolute Gasteiger partial charge is 0.231 e. The van der Waals surface area contributed by atoms with E-state index in [1.165, 1.54) is 6.33 Å². The topological polar surface area (TPSA) is 94.3 Å². The molecule has 4 N–H and O–H groups in total. The summed E-state index contributed by atoms with van der Waals surface area (Å²) in [6.45, 7) is 0.168. The van der Waals surface area contributed by atoms with Gasteiger partial charge in [0, 0.05) is 17.8 Å². The molecule has 0 saturated carbocycles. The van der Waals surface area contributed by atoms with Crippen LogP contribution in [0.25, 0.3) is 0 Å². The quantitative estimate of drug-likeness (QED) is 0.657. The molecule has 0 spiro atoms. The number of benzene rings is 2. The molecule has 1 aliphatic heterocycles. The second-order valence-corrected chi connectivity index (χ2v) is 5.43. The average molecular weight is 357 g/mol. The number of nitrogens with zero attached hydrogens (tertiary/aromatic N) is 2. The Morgan fingerprint density at radius 1 is 0.923 bits per heavy atom. The van der Waals surface area contributed by atoms with Gasteiger partial charge in [0.25, 0.3) is 0 Å². The number of hydrogen-bond donors (Lipinski definition) is 3. The molecule has 0 unspecified atom stereocenters. The largest absolute Gasteiger partial charge is 0.454 e. The zero-order valence-electron chi connectivity index (χ0n) is 13.3. The summed E-state index contributed by atoms with van der Waals surface area (Å²) in [6, 6.07) is 8.32. The van der Waals surface area contributed by atoms with Crippen LogP contribution in [0.5, 0.6) is 11.5 Å². The molecule has 0 aliphatic carbocycles. The van der Waals surface area contributed by atoms with E-state index in [4.69, 9.17) is 15.2 Å². The molecule has 9 heteroatoms. The van der Waals surface area contributed by atoms with Crippen molar-refractivity contribution < 1.29 is 18.3 Å². The fourth-order valence-corrected chi connectivity index (χ4v) is 2.43. The van der Waals surface area contributed by atoms with Crippen molar-refractivity contribution in [3.63, 3.8) is 0 Å². The van der Waals surface area contributed by atoms with E-state index in [-0.39, 0.29) is 24.0 Å². The van der Waals surface area contributed by atoms with E-state index in [9.17, 15) is 8.78 Å². The first-order valence-corrected chi connectivity index (χ1v) is 7.59. The molecule has 0 amide bonds. The number of nitrogens with two attached hydrogens (primary N) is 1. The van der Waals surface area contributed by atoms with Gasteiger partial charge in [0.15, 0.2) is 23.1 Å². The van der Waals surface area contributed by atoms with Crippen molar-refractivity contribution in [3.05, 3.63) is 54.4 Å². The highest BCUT2D eigenvalue weighted by Gasteiger charge is 2.15. The SMILES string of the molecule is Nc1c(Nc2ccc3c(c2)OCO3)ncnc1Nc1cc(F)ccc1F. The summed E-state index contributed by atoms with van der Waals surface area (Å²) in [5.74, 6) is 0.485. The molecule has 2 heterocycles. The van der Waals surface area contributed by atoms with Crippen molar-refractivity contribution in [2.24, 2.45) is 0 Å². The number of anilines is 5. The lowest BCUT2D eigenvalue weighted by Crippen LogP contribution is -2.06. The number of rotatable bonds is 4. The molecule has 26 heavy (non-hydrogen) atoms. The monoisotopic (exact) mass is 357 g/mol. The van der Waals surface area contributed by atoms with Gasteiger partial charge in [0.1, 0.15) is 23.6 Å². The highest BCUT2D eigenvalue weighted by Crippen LogP contribution is 2.36. The van der Waals surface area contributed by atoms with Crippen molar-refractivity contribution in [2.45, 2.75) is 0 Å². The average Bonchev–Trinajstić information content (AvgIpc) is 3.09. The van der Waals surface area contributed by atoms with Crippen molar-refractivity contribution in [2.75, 3.05) is 23.2 Å². The van der Waals surface area contributed by atoms with Gasteiger partial charge in [-0.15, -0.1) is 0 Å². The minimum absolute atomic E-state index is 0.0792. The number of halogens is 2. The molecule has 2 aromatic carbocycles. The maximum Gasteiger partial charge on any atom is 0.231 e. The molecule has 0 radical (unpaired) electrons. The summed E-state index contributed by atoms with van der Waals surface area (Å²) in [7, 11) is 0. The summed E-state index contributed by atoms with van der Waals surface area (Å²) >= 11 is 0. The number of hydrogen-bond acceptors (Lipinski definition) is 7. The van der Waals surface area contributed by atoms with Gasteiger partial charge in [-0.2, -0.15) is 0 Å². The summed E-state index contributed by atoms with van der Waals surface area (Å²) in [4.78, 5) is 8.07. The van der Waals surface area contributed by atoms with Crippen LogP contribution in [0.2, 0.25) is 0 Å². The van der Waals surface area contributed by atoms with Gasteiger partial charge in [-0.3, -0.25) is 0 Å². The third-order valence-electron chi connectivity index (χ3n) is 3.70. The first-order valence-electron chi connectivity index (χ1n) is 7.59. The fraction of sp³-hybridized carbons (Fsp3) is 0.0588. The second kappa shape index (κ2) is 6.36. The maximum atomic E-state index is 13.8. The van der Waals surface area contributed by atoms with E-state index in [0.717, 1.165) is 18.2 Å². The number of fused-ring (bicyclic) bond motifs is 1. The Bertz CT molecular complexity index is 983. The molecule has 1 aliphatic rings. The Hall–Kier alpha value is -3.62. The van der Waals surface area contributed by atoms with Crippen LogP contribution in [0.15, 0.2) is 42.7 Å². The summed E-state index contributed by atoms with van der Waals surface area (Å²) in [6.07, 6.45) is 1.26. The Morgan fingerprint density at radius 3 is 2.54 bits per heavy atom. The lowest BCUT2D eigenvalue weighted by Gasteiger charge is -2.13. The molecular weight excluding hydrogens is 344 g/mol. The first kappa shape index (κ1) is 15.9. The predicted octanol–water partition coefficient (Wildman–Crippen LogP) is 3.55. The van der Waals surface area contributed by atoms with Gasteiger partial charge in [-0.1, -0.05) is 0 Å². The van der Waals surface area contributed by atoms with Crippen LogP contribution >= 0.6 is 0 Å². The van der Waals surface area contributed by atoms with E-state index < -0.39 is 11.6 Å². The lowest BCUT2D eigenvalue weighted by atomic mass is 10.2. The van der Waals surface area contributed by atoms with Gasteiger partial charge in [-0.25, -0.2) is 18.7 Å². The molecule has 132 valence electrons. The van der Waals surface area contributed by atoms with E-state index in [1.54, 1.807) is 18.2 Å². The van der Waals surface area contributed by atoms with Gasteiger partial charge >= 0.3 is 0 Å². The summed E-state index contributed by atoms with van der Waals surface area (Å²) in [5.41, 5.74) is 6.79. The minimum Gasteiger partial charge on any atom is -0.454 e. The van der Waals surface area contributed by atoms with Crippen LogP contribution in [-0.4, -0.2) is 16.8 Å². The van der Waals surface area contributed by atoms with Crippen molar-refractivity contribution in [1.82, 2.24) is 9.97 Å². The Kier molecular flexibility index (Phi) is 3.88. The number of nitrogen functional groups attached to an aromatic ring is 1. The van der Waals surface area contributed by atoms with Gasteiger partial charge in [0.05, 0.1) is 5.69 Å². The first-order chi connectivity index (χ1) is 12.6. The molecule has 4 rings (SSSR count). The Morgan fingerprint density at radius 2 is 1.69 bits per heavy atom. The van der Waals surface area contributed by atoms with Gasteiger partial charge in [-0.05, 0) is 24.3 Å². The maximum absolute atomic E-state index is 13.8. The predicted molar refractivity (Wildman–Crippen MR) is 91.9 cm³/mol. The second-order valence-electron chi connectivity index (χ2n) is 5.43. The highest BCUT2D eigenvalue weighted by molar-refractivity contribution is 5.80. The number of nitrogens with one attached hydrogen (secondary N) is 2. The van der Waals surface area contributed by atoms with Crippen LogP contribution in [0.1, 0.15) is 0 Å². The molecule has 3 aromatic rings. The van der Waals surface area contributed by atoms with Crippen LogP contribution in [0.3, 0.4) is 0 Å². The molecule has 0 saturated heterocycles. The highest BCUT2D eigenvalue weighted by atomic mass is 19.1. The molecule has 0 fully saturated rings.